The van der Waals surface area contributed by atoms with Crippen LogP contribution in [0.5, 0.6) is 5.75 Å². The fourth-order valence-electron chi connectivity index (χ4n) is 4.38. The van der Waals surface area contributed by atoms with Crippen molar-refractivity contribution in [3.05, 3.63) is 89.0 Å². The number of amides is 2. The first-order chi connectivity index (χ1) is 18.8. The van der Waals surface area contributed by atoms with Crippen LogP contribution in [0.4, 0.5) is 5.69 Å². The van der Waals surface area contributed by atoms with Crippen LogP contribution in [0.15, 0.2) is 71.6 Å². The van der Waals surface area contributed by atoms with Crippen molar-refractivity contribution >= 4 is 27.5 Å². The van der Waals surface area contributed by atoms with Crippen LogP contribution < -0.4 is 14.4 Å². The molecule has 1 atom stereocenters. The third-order valence-corrected chi connectivity index (χ3v) is 8.28. The largest absolute Gasteiger partial charge is 0.497 e. The van der Waals surface area contributed by atoms with Crippen LogP contribution in [0.2, 0.25) is 0 Å². The second-order valence-electron chi connectivity index (χ2n) is 10.4. The Balaban J connectivity index is 2.05. The van der Waals surface area contributed by atoms with Crippen LogP contribution in [0.1, 0.15) is 43.0 Å². The summed E-state index contributed by atoms with van der Waals surface area (Å²) in [6.07, 6.45) is 0. The number of nitrogens with zero attached hydrogens (tertiary/aromatic N) is 2. The van der Waals surface area contributed by atoms with Crippen LogP contribution >= 0.6 is 0 Å². The van der Waals surface area contributed by atoms with Crippen LogP contribution in [0.3, 0.4) is 0 Å². The molecule has 0 aliphatic heterocycles. The molecule has 8 nitrogen and oxygen atoms in total. The number of rotatable bonds is 11. The highest BCUT2D eigenvalue weighted by atomic mass is 32.2. The van der Waals surface area contributed by atoms with E-state index in [1.54, 1.807) is 62.6 Å². The van der Waals surface area contributed by atoms with Gasteiger partial charge in [-0.2, -0.15) is 0 Å². The number of benzene rings is 3. The molecule has 0 aliphatic rings. The summed E-state index contributed by atoms with van der Waals surface area (Å²) in [5.41, 5.74) is 3.81. The minimum atomic E-state index is -4.11. The lowest BCUT2D eigenvalue weighted by atomic mass is 10.1. The molecule has 1 N–H and O–H groups in total. The smallest absolute Gasteiger partial charge is 0.264 e. The van der Waals surface area contributed by atoms with Crippen LogP contribution in [0, 0.1) is 20.8 Å². The Bertz CT molecular complexity index is 1410. The molecule has 0 fully saturated rings. The van der Waals surface area contributed by atoms with Gasteiger partial charge in [0.2, 0.25) is 11.8 Å². The number of methoxy groups -OCH3 is 1. The second kappa shape index (κ2) is 13.0. The van der Waals surface area contributed by atoms with E-state index in [1.165, 1.54) is 4.90 Å². The predicted molar refractivity (Wildman–Crippen MR) is 158 cm³/mol. The number of carbonyl (C=O) groups is 2. The lowest BCUT2D eigenvalue weighted by Crippen LogP contribution is -2.52. The van der Waals surface area contributed by atoms with Gasteiger partial charge in [-0.25, -0.2) is 8.42 Å². The molecular weight excluding hydrogens is 526 g/mol. The van der Waals surface area contributed by atoms with Crippen molar-refractivity contribution in [2.75, 3.05) is 18.0 Å². The number of anilines is 1. The quantitative estimate of drug-likeness (QED) is 0.362. The molecule has 0 spiro atoms. The van der Waals surface area contributed by atoms with Crippen molar-refractivity contribution in [1.82, 2.24) is 10.2 Å². The number of nitrogens with one attached hydrogen (secondary N) is 1. The molecule has 0 bridgehead atoms. The molecule has 0 saturated heterocycles. The van der Waals surface area contributed by atoms with Gasteiger partial charge in [0, 0.05) is 12.6 Å². The summed E-state index contributed by atoms with van der Waals surface area (Å²) in [5, 5.41) is 2.86. The summed E-state index contributed by atoms with van der Waals surface area (Å²) in [6, 6.07) is 18.2. The molecule has 9 heteroatoms. The minimum absolute atomic E-state index is 0.0809. The molecule has 0 saturated carbocycles. The van der Waals surface area contributed by atoms with E-state index in [9.17, 15) is 18.0 Å². The van der Waals surface area contributed by atoms with Crippen LogP contribution in [-0.4, -0.2) is 50.9 Å². The van der Waals surface area contributed by atoms with E-state index in [0.717, 1.165) is 26.6 Å². The summed E-state index contributed by atoms with van der Waals surface area (Å²) in [4.78, 5) is 28.5. The summed E-state index contributed by atoms with van der Waals surface area (Å²) in [6.45, 7) is 10.6. The molecule has 3 aromatic carbocycles. The molecule has 3 rings (SSSR count). The van der Waals surface area contributed by atoms with Gasteiger partial charge in [-0.15, -0.1) is 0 Å². The van der Waals surface area contributed by atoms with E-state index in [1.807, 2.05) is 52.8 Å². The highest BCUT2D eigenvalue weighted by molar-refractivity contribution is 7.92. The highest BCUT2D eigenvalue weighted by Gasteiger charge is 2.32. The van der Waals surface area contributed by atoms with Crippen LogP contribution in [-0.2, 0) is 26.2 Å². The Morgan fingerprint density at radius 3 is 1.95 bits per heavy atom. The van der Waals surface area contributed by atoms with Gasteiger partial charge in [-0.3, -0.25) is 13.9 Å². The third-order valence-electron chi connectivity index (χ3n) is 6.49. The van der Waals surface area contributed by atoms with Crippen molar-refractivity contribution in [3.8, 4) is 5.75 Å². The minimum Gasteiger partial charge on any atom is -0.497 e. The van der Waals surface area contributed by atoms with Crippen molar-refractivity contribution < 1.29 is 22.7 Å². The Morgan fingerprint density at radius 1 is 0.850 bits per heavy atom. The van der Waals surface area contributed by atoms with Gasteiger partial charge in [0.1, 0.15) is 18.3 Å². The zero-order chi connectivity index (χ0) is 29.6. The van der Waals surface area contributed by atoms with E-state index in [0.29, 0.717) is 11.4 Å². The second-order valence-corrected chi connectivity index (χ2v) is 12.2. The summed E-state index contributed by atoms with van der Waals surface area (Å²) < 4.78 is 34.3. The predicted octanol–water partition coefficient (Wildman–Crippen LogP) is 4.76. The normalized spacial score (nSPS) is 12.1. The maximum Gasteiger partial charge on any atom is 0.264 e. The SMILES string of the molecule is COc1ccc(CN(C(=O)CN(c2cc(C)cc(C)c2)S(=O)(=O)c2ccc(C)cc2)C(C)C(=O)NC(C)C)cc1. The Morgan fingerprint density at radius 2 is 1.43 bits per heavy atom. The lowest BCUT2D eigenvalue weighted by Gasteiger charge is -2.32. The van der Waals surface area contributed by atoms with Crippen LogP contribution in [0.25, 0.3) is 0 Å². The first kappa shape index (κ1) is 30.7. The van der Waals surface area contributed by atoms with Gasteiger partial charge in [-0.05, 0) is 94.6 Å². The van der Waals surface area contributed by atoms with E-state index >= 15 is 0 Å². The zero-order valence-corrected chi connectivity index (χ0v) is 25.1. The molecule has 3 aromatic rings. The first-order valence-electron chi connectivity index (χ1n) is 13.2. The fraction of sp³-hybridized carbons (Fsp3) is 0.355. The summed E-state index contributed by atoms with van der Waals surface area (Å²) >= 11 is 0. The average Bonchev–Trinajstić information content (AvgIpc) is 2.89. The monoisotopic (exact) mass is 565 g/mol. The van der Waals surface area contributed by atoms with E-state index in [2.05, 4.69) is 5.32 Å². The van der Waals surface area contributed by atoms with Gasteiger partial charge >= 0.3 is 0 Å². The standard InChI is InChI=1S/C31H39N3O5S/c1-21(2)32-31(36)25(6)33(19-26-10-12-28(39-7)13-11-26)30(35)20-34(27-17-23(4)16-24(5)18-27)40(37,38)29-14-8-22(3)9-15-29/h8-18,21,25H,19-20H2,1-7H3,(H,32,36). The molecule has 0 radical (unpaired) electrons. The van der Waals surface area contributed by atoms with E-state index in [-0.39, 0.29) is 23.4 Å². The first-order valence-corrected chi connectivity index (χ1v) is 14.7. The van der Waals surface area contributed by atoms with E-state index in [4.69, 9.17) is 4.74 Å². The number of aryl methyl sites for hydroxylation is 3. The van der Waals surface area contributed by atoms with Crippen molar-refractivity contribution in [2.24, 2.45) is 0 Å². The van der Waals surface area contributed by atoms with Gasteiger partial charge in [0.15, 0.2) is 0 Å². The van der Waals surface area contributed by atoms with Crippen molar-refractivity contribution in [3.63, 3.8) is 0 Å². The van der Waals surface area contributed by atoms with E-state index < -0.39 is 28.5 Å². The highest BCUT2D eigenvalue weighted by Crippen LogP contribution is 2.27. The number of carbonyl (C=O) groups excluding carboxylic acids is 2. The number of hydrogen-bond donors (Lipinski definition) is 1. The summed E-state index contributed by atoms with van der Waals surface area (Å²) in [7, 11) is -2.54. The van der Waals surface area contributed by atoms with Gasteiger partial charge in [-0.1, -0.05) is 35.9 Å². The number of ether oxygens (including phenoxy) is 1. The van der Waals surface area contributed by atoms with Gasteiger partial charge in [0.25, 0.3) is 10.0 Å². The van der Waals surface area contributed by atoms with Crippen molar-refractivity contribution in [1.29, 1.82) is 0 Å². The maximum absolute atomic E-state index is 14.0. The molecule has 0 aliphatic carbocycles. The number of sulfonamides is 1. The molecule has 214 valence electrons. The Labute approximate surface area is 238 Å². The van der Waals surface area contributed by atoms with Gasteiger partial charge in [0.05, 0.1) is 17.7 Å². The Hall–Kier alpha value is -3.85. The third kappa shape index (κ3) is 7.63. The zero-order valence-electron chi connectivity index (χ0n) is 24.3. The van der Waals surface area contributed by atoms with Crippen molar-refractivity contribution in [2.45, 2.75) is 65.1 Å². The molecule has 0 heterocycles. The Kier molecular flexibility index (Phi) is 9.98. The molecular formula is C31H39N3O5S. The molecule has 0 aromatic heterocycles. The lowest BCUT2D eigenvalue weighted by molar-refractivity contribution is -0.139. The topological polar surface area (TPSA) is 96.0 Å². The number of hydrogen-bond acceptors (Lipinski definition) is 5. The molecule has 2 amide bonds. The molecule has 40 heavy (non-hydrogen) atoms. The molecule has 1 unspecified atom stereocenters. The fourth-order valence-corrected chi connectivity index (χ4v) is 5.77. The average molecular weight is 566 g/mol. The summed E-state index contributed by atoms with van der Waals surface area (Å²) in [5.74, 6) is -0.161. The van der Waals surface area contributed by atoms with Gasteiger partial charge < -0.3 is 15.0 Å². The maximum atomic E-state index is 14.0.